The van der Waals surface area contributed by atoms with Gasteiger partial charge in [-0.3, -0.25) is 0 Å². The summed E-state index contributed by atoms with van der Waals surface area (Å²) in [6.07, 6.45) is 0.837. The summed E-state index contributed by atoms with van der Waals surface area (Å²) < 4.78 is 40.3. The van der Waals surface area contributed by atoms with Crippen LogP contribution >= 0.6 is 0 Å². The molecule has 0 radical (unpaired) electrons. The molecule has 0 saturated carbocycles. The maximum absolute atomic E-state index is 13.0. The Kier molecular flexibility index (Phi) is 6.29. The number of hydrogen-bond acceptors (Lipinski definition) is 3. The lowest BCUT2D eigenvalue weighted by Crippen LogP contribution is -2.48. The number of halogens is 1. The van der Waals surface area contributed by atoms with Crippen molar-refractivity contribution in [3.05, 3.63) is 65.5 Å². The molecule has 4 nitrogen and oxygen atoms in total. The van der Waals surface area contributed by atoms with Crippen molar-refractivity contribution in [3.63, 3.8) is 0 Å². The van der Waals surface area contributed by atoms with Crippen molar-refractivity contribution in [1.29, 1.82) is 0 Å². The van der Waals surface area contributed by atoms with E-state index in [0.29, 0.717) is 37.0 Å². The third-order valence-electron chi connectivity index (χ3n) is 5.15. The number of nitrogens with zero attached hydrogens (tertiary/aromatic N) is 2. The molecule has 6 heteroatoms. The summed E-state index contributed by atoms with van der Waals surface area (Å²) in [5, 5.41) is 0. The predicted molar refractivity (Wildman–Crippen MR) is 106 cm³/mol. The van der Waals surface area contributed by atoms with Crippen molar-refractivity contribution >= 4 is 10.0 Å². The quantitative estimate of drug-likeness (QED) is 0.758. The molecule has 1 saturated heterocycles. The van der Waals surface area contributed by atoms with E-state index in [1.54, 1.807) is 28.6 Å². The zero-order valence-corrected chi connectivity index (χ0v) is 16.8. The van der Waals surface area contributed by atoms with E-state index in [0.717, 1.165) is 24.1 Å². The summed E-state index contributed by atoms with van der Waals surface area (Å²) in [4.78, 5) is 2.63. The van der Waals surface area contributed by atoms with Gasteiger partial charge in [-0.2, -0.15) is 4.31 Å². The van der Waals surface area contributed by atoms with Gasteiger partial charge < -0.3 is 4.90 Å². The van der Waals surface area contributed by atoms with E-state index >= 15 is 0 Å². The van der Waals surface area contributed by atoms with E-state index in [1.807, 2.05) is 12.1 Å². The summed E-state index contributed by atoms with van der Waals surface area (Å²) in [6.45, 7) is 7.45. The Morgan fingerprint density at radius 2 is 1.52 bits per heavy atom. The summed E-state index contributed by atoms with van der Waals surface area (Å²) in [6, 6.07) is 13.8. The van der Waals surface area contributed by atoms with Gasteiger partial charge in [-0.1, -0.05) is 38.1 Å². The molecule has 0 aliphatic carbocycles. The fourth-order valence-electron chi connectivity index (χ4n) is 3.31. The summed E-state index contributed by atoms with van der Waals surface area (Å²) in [5.74, 6) is 0.158. The van der Waals surface area contributed by atoms with Crippen molar-refractivity contribution < 1.29 is 12.8 Å². The average molecular weight is 391 g/mol. The Hall–Kier alpha value is -1.76. The Morgan fingerprint density at radius 1 is 0.926 bits per heavy atom. The van der Waals surface area contributed by atoms with Gasteiger partial charge in [0.2, 0.25) is 10.0 Å². The molecule has 0 N–H and O–H groups in total. The number of benzene rings is 2. The van der Waals surface area contributed by atoms with Gasteiger partial charge in [0.05, 0.1) is 4.90 Å². The normalized spacial score (nSPS) is 16.7. The van der Waals surface area contributed by atoms with E-state index in [2.05, 4.69) is 18.7 Å². The zero-order chi connectivity index (χ0) is 19.4. The van der Waals surface area contributed by atoms with Crippen LogP contribution < -0.4 is 0 Å². The van der Waals surface area contributed by atoms with Gasteiger partial charge in [-0.05, 0) is 47.7 Å². The highest BCUT2D eigenvalue weighted by Gasteiger charge is 2.28. The molecule has 3 rings (SSSR count). The molecule has 0 atom stereocenters. The van der Waals surface area contributed by atoms with Crippen LogP contribution in [0.5, 0.6) is 0 Å². The van der Waals surface area contributed by atoms with Gasteiger partial charge in [0.25, 0.3) is 0 Å². The van der Waals surface area contributed by atoms with Crippen LogP contribution in [0.25, 0.3) is 0 Å². The molecule has 0 amide bonds. The van der Waals surface area contributed by atoms with E-state index in [9.17, 15) is 12.8 Å². The highest BCUT2D eigenvalue weighted by atomic mass is 32.2. The molecule has 0 unspecified atom stereocenters. The van der Waals surface area contributed by atoms with Crippen molar-refractivity contribution in [3.8, 4) is 0 Å². The molecule has 2 aromatic rings. The minimum absolute atomic E-state index is 0.223. The highest BCUT2D eigenvalue weighted by Crippen LogP contribution is 2.21. The van der Waals surface area contributed by atoms with Crippen molar-refractivity contribution in [2.24, 2.45) is 0 Å². The fourth-order valence-corrected chi connectivity index (χ4v) is 4.73. The topological polar surface area (TPSA) is 40.6 Å². The first-order valence-corrected chi connectivity index (χ1v) is 10.9. The molecule has 1 heterocycles. The second-order valence-electron chi connectivity index (χ2n) is 7.35. The van der Waals surface area contributed by atoms with Crippen LogP contribution in [0.15, 0.2) is 53.4 Å². The second kappa shape index (κ2) is 8.50. The van der Waals surface area contributed by atoms with Crippen LogP contribution in [0.1, 0.15) is 30.9 Å². The lowest BCUT2D eigenvalue weighted by Gasteiger charge is -2.34. The minimum atomic E-state index is -3.43. The number of piperazine rings is 1. The van der Waals surface area contributed by atoms with Crippen molar-refractivity contribution in [2.45, 2.75) is 31.1 Å². The number of hydrogen-bond donors (Lipinski definition) is 0. The first-order chi connectivity index (χ1) is 12.9. The van der Waals surface area contributed by atoms with Gasteiger partial charge in [0.1, 0.15) is 5.82 Å². The van der Waals surface area contributed by atoms with Crippen molar-refractivity contribution in [2.75, 3.05) is 32.7 Å². The molecule has 0 spiro atoms. The van der Waals surface area contributed by atoms with Gasteiger partial charge in [0.15, 0.2) is 0 Å². The van der Waals surface area contributed by atoms with Crippen molar-refractivity contribution in [1.82, 2.24) is 9.21 Å². The minimum Gasteiger partial charge on any atom is -0.300 e. The monoisotopic (exact) mass is 390 g/mol. The van der Waals surface area contributed by atoms with Gasteiger partial charge in [-0.15, -0.1) is 0 Å². The molecular formula is C21H27FN2O2S. The maximum Gasteiger partial charge on any atom is 0.243 e. The third kappa shape index (κ3) is 4.94. The molecule has 0 aromatic heterocycles. The summed E-state index contributed by atoms with van der Waals surface area (Å²) in [7, 11) is -3.43. The van der Waals surface area contributed by atoms with Crippen LogP contribution in [0.3, 0.4) is 0 Å². The van der Waals surface area contributed by atoms with Gasteiger partial charge >= 0.3 is 0 Å². The van der Waals surface area contributed by atoms with Crippen LogP contribution in [-0.2, 0) is 16.4 Å². The average Bonchev–Trinajstić information content (AvgIpc) is 2.68. The molecule has 1 aliphatic rings. The Labute approximate surface area is 161 Å². The third-order valence-corrected chi connectivity index (χ3v) is 7.06. The molecule has 0 bridgehead atoms. The van der Waals surface area contributed by atoms with Gasteiger partial charge in [0, 0.05) is 32.7 Å². The molecule has 1 fully saturated rings. The SMILES string of the molecule is CC(C)c1ccc(S(=O)(=O)N2CCN(CCc3ccc(F)cc3)CC2)cc1. The Bertz CT molecular complexity index is 841. The molecule has 27 heavy (non-hydrogen) atoms. The lowest BCUT2D eigenvalue weighted by molar-refractivity contribution is 0.190. The van der Waals surface area contributed by atoms with Crippen LogP contribution in [0.4, 0.5) is 4.39 Å². The standard InChI is InChI=1S/C21H27FN2O2S/c1-17(2)19-5-9-21(10-6-19)27(25,26)24-15-13-23(14-16-24)12-11-18-3-7-20(22)8-4-18/h3-10,17H,11-16H2,1-2H3. The first-order valence-electron chi connectivity index (χ1n) is 9.43. The second-order valence-corrected chi connectivity index (χ2v) is 9.28. The summed E-state index contributed by atoms with van der Waals surface area (Å²) >= 11 is 0. The molecule has 146 valence electrons. The number of sulfonamides is 1. The molecular weight excluding hydrogens is 363 g/mol. The van der Waals surface area contributed by atoms with E-state index in [1.165, 1.54) is 12.1 Å². The predicted octanol–water partition coefficient (Wildman–Crippen LogP) is 3.50. The van der Waals surface area contributed by atoms with E-state index < -0.39 is 10.0 Å². The zero-order valence-electron chi connectivity index (χ0n) is 15.9. The highest BCUT2D eigenvalue weighted by molar-refractivity contribution is 7.89. The van der Waals surface area contributed by atoms with E-state index in [4.69, 9.17) is 0 Å². The van der Waals surface area contributed by atoms with Crippen LogP contribution in [0, 0.1) is 5.82 Å². The fraction of sp³-hybridized carbons (Fsp3) is 0.429. The van der Waals surface area contributed by atoms with E-state index in [-0.39, 0.29) is 5.82 Å². The van der Waals surface area contributed by atoms with Gasteiger partial charge in [-0.25, -0.2) is 12.8 Å². The number of rotatable bonds is 6. The molecule has 1 aliphatic heterocycles. The lowest BCUT2D eigenvalue weighted by atomic mass is 10.0. The largest absolute Gasteiger partial charge is 0.300 e. The summed E-state index contributed by atoms with van der Waals surface area (Å²) in [5.41, 5.74) is 2.23. The first kappa shape index (κ1) is 20.0. The smallest absolute Gasteiger partial charge is 0.243 e. The Morgan fingerprint density at radius 3 is 2.07 bits per heavy atom. The maximum atomic E-state index is 13.0. The van der Waals surface area contributed by atoms with Crippen LogP contribution in [-0.4, -0.2) is 50.3 Å². The van der Waals surface area contributed by atoms with Crippen LogP contribution in [0.2, 0.25) is 0 Å². The molecule has 2 aromatic carbocycles. The Balaban J connectivity index is 1.55.